The van der Waals surface area contributed by atoms with Crippen LogP contribution in [0, 0.1) is 5.82 Å². The Morgan fingerprint density at radius 3 is 2.46 bits per heavy atom. The van der Waals surface area contributed by atoms with Crippen molar-refractivity contribution in [2.24, 2.45) is 0 Å². The lowest BCUT2D eigenvalue weighted by Crippen LogP contribution is -2.29. The molecule has 0 saturated carbocycles. The molecule has 1 fully saturated rings. The Bertz CT molecular complexity index is 1010. The normalized spacial score (nSPS) is 15.4. The fourth-order valence-electron chi connectivity index (χ4n) is 3.72. The maximum absolute atomic E-state index is 13.7. The quantitative estimate of drug-likeness (QED) is 0.501. The average molecular weight is 412 g/mol. The fraction of sp³-hybridized carbons (Fsp3) is 0.350. The molecule has 0 N–H and O–H groups in total. The minimum Gasteiger partial charge on any atom is -0.370 e. The number of benzene rings is 2. The van der Waals surface area contributed by atoms with Crippen LogP contribution in [-0.2, 0) is 12.7 Å². The molecule has 0 bridgehead atoms. The largest absolute Gasteiger partial charge is 0.449 e. The van der Waals surface area contributed by atoms with Crippen molar-refractivity contribution in [2.75, 3.05) is 18.0 Å². The molecule has 148 valence electrons. The number of rotatable bonds is 3. The third-order valence-electron chi connectivity index (χ3n) is 5.03. The van der Waals surface area contributed by atoms with Gasteiger partial charge in [-0.05, 0) is 49.1 Å². The van der Waals surface area contributed by atoms with Crippen molar-refractivity contribution in [3.8, 4) is 0 Å². The zero-order chi connectivity index (χ0) is 19.9. The van der Waals surface area contributed by atoms with E-state index in [0.29, 0.717) is 16.6 Å². The summed E-state index contributed by atoms with van der Waals surface area (Å²) in [5, 5.41) is -0.121. The molecule has 8 heteroatoms. The van der Waals surface area contributed by atoms with Gasteiger partial charge in [0.2, 0.25) is 5.82 Å². The number of imidazole rings is 1. The summed E-state index contributed by atoms with van der Waals surface area (Å²) in [6.07, 6.45) is -1.46. The van der Waals surface area contributed by atoms with E-state index in [1.54, 1.807) is 12.1 Å². The summed E-state index contributed by atoms with van der Waals surface area (Å²) in [4.78, 5) is 6.08. The number of para-hydroxylation sites is 1. The van der Waals surface area contributed by atoms with E-state index in [1.807, 2.05) is 6.07 Å². The number of nitrogens with zero attached hydrogens (tertiary/aromatic N) is 3. The van der Waals surface area contributed by atoms with Crippen molar-refractivity contribution >= 4 is 28.3 Å². The Balaban J connectivity index is 1.84. The van der Waals surface area contributed by atoms with Gasteiger partial charge in [-0.15, -0.1) is 0 Å². The summed E-state index contributed by atoms with van der Waals surface area (Å²) in [6, 6.07) is 9.14. The van der Waals surface area contributed by atoms with Crippen LogP contribution in [0.4, 0.5) is 23.2 Å². The van der Waals surface area contributed by atoms with Gasteiger partial charge < -0.3 is 9.47 Å². The molecular weight excluding hydrogens is 394 g/mol. The second-order valence-corrected chi connectivity index (χ2v) is 7.37. The molecule has 3 aromatic rings. The average Bonchev–Trinajstić information content (AvgIpc) is 3.04. The highest BCUT2D eigenvalue weighted by molar-refractivity contribution is 6.30. The van der Waals surface area contributed by atoms with Gasteiger partial charge in [0.25, 0.3) is 0 Å². The van der Waals surface area contributed by atoms with Crippen molar-refractivity contribution in [1.29, 1.82) is 0 Å². The number of anilines is 1. The van der Waals surface area contributed by atoms with Crippen molar-refractivity contribution in [3.05, 3.63) is 58.6 Å². The van der Waals surface area contributed by atoms with Crippen molar-refractivity contribution < 1.29 is 17.6 Å². The van der Waals surface area contributed by atoms with Gasteiger partial charge >= 0.3 is 6.18 Å². The molecule has 0 radical (unpaired) electrons. The SMILES string of the molecule is Fc1ccc(Cn2c(C(F)(F)F)nc3c(N4CCCCC4)cccc32)cc1Cl. The van der Waals surface area contributed by atoms with E-state index in [0.717, 1.165) is 48.7 Å². The predicted molar refractivity (Wildman–Crippen MR) is 101 cm³/mol. The standard InChI is InChI=1S/C20H18ClF4N3/c21-14-11-13(7-8-15(14)22)12-28-17-6-4-5-16(27-9-2-1-3-10-27)18(17)26-19(28)20(23,24)25/h4-8,11H,1-3,9-10,12H2. The third-order valence-corrected chi connectivity index (χ3v) is 5.32. The molecule has 1 aliphatic rings. The highest BCUT2D eigenvalue weighted by Crippen LogP contribution is 2.36. The van der Waals surface area contributed by atoms with Crippen LogP contribution in [0.25, 0.3) is 11.0 Å². The molecule has 2 aromatic carbocycles. The maximum atomic E-state index is 13.7. The van der Waals surface area contributed by atoms with E-state index >= 15 is 0 Å². The second kappa shape index (κ2) is 7.28. The molecule has 0 spiro atoms. The minimum absolute atomic E-state index is 0.102. The second-order valence-electron chi connectivity index (χ2n) is 6.96. The highest BCUT2D eigenvalue weighted by atomic mass is 35.5. The summed E-state index contributed by atoms with van der Waals surface area (Å²) in [5.74, 6) is -1.57. The lowest BCUT2D eigenvalue weighted by atomic mass is 10.1. The summed E-state index contributed by atoms with van der Waals surface area (Å²) in [7, 11) is 0. The van der Waals surface area contributed by atoms with E-state index in [-0.39, 0.29) is 11.6 Å². The minimum atomic E-state index is -4.61. The Labute approximate surface area is 164 Å². The van der Waals surface area contributed by atoms with Gasteiger partial charge in [-0.25, -0.2) is 9.37 Å². The summed E-state index contributed by atoms with van der Waals surface area (Å²) < 4.78 is 55.7. The van der Waals surface area contributed by atoms with Gasteiger partial charge in [-0.2, -0.15) is 13.2 Å². The number of piperidine rings is 1. The zero-order valence-corrected chi connectivity index (χ0v) is 15.7. The molecule has 1 saturated heterocycles. The van der Waals surface area contributed by atoms with Gasteiger partial charge in [-0.3, -0.25) is 0 Å². The lowest BCUT2D eigenvalue weighted by Gasteiger charge is -2.28. The Morgan fingerprint density at radius 1 is 1.04 bits per heavy atom. The Kier molecular flexibility index (Phi) is 4.95. The third kappa shape index (κ3) is 3.55. The van der Waals surface area contributed by atoms with Crippen LogP contribution >= 0.6 is 11.6 Å². The van der Waals surface area contributed by atoms with Crippen LogP contribution < -0.4 is 4.90 Å². The first-order valence-corrected chi connectivity index (χ1v) is 9.48. The first kappa shape index (κ1) is 19.1. The van der Waals surface area contributed by atoms with E-state index in [9.17, 15) is 17.6 Å². The molecule has 0 atom stereocenters. The summed E-state index contributed by atoms with van der Waals surface area (Å²) >= 11 is 5.80. The molecule has 3 nitrogen and oxygen atoms in total. The van der Waals surface area contributed by atoms with Crippen LogP contribution in [0.5, 0.6) is 0 Å². The van der Waals surface area contributed by atoms with Crippen LogP contribution in [0.3, 0.4) is 0 Å². The van der Waals surface area contributed by atoms with E-state index in [2.05, 4.69) is 9.88 Å². The number of alkyl halides is 3. The Hall–Kier alpha value is -2.28. The Morgan fingerprint density at radius 2 is 1.79 bits per heavy atom. The van der Waals surface area contributed by atoms with Crippen LogP contribution in [0.15, 0.2) is 36.4 Å². The van der Waals surface area contributed by atoms with Gasteiger partial charge in [-0.1, -0.05) is 23.7 Å². The van der Waals surface area contributed by atoms with Gasteiger partial charge in [0.1, 0.15) is 11.3 Å². The number of hydrogen-bond donors (Lipinski definition) is 0. The number of aromatic nitrogens is 2. The van der Waals surface area contributed by atoms with Crippen LogP contribution in [0.1, 0.15) is 30.7 Å². The van der Waals surface area contributed by atoms with Gasteiger partial charge in [0.05, 0.1) is 16.2 Å². The van der Waals surface area contributed by atoms with Crippen LogP contribution in [-0.4, -0.2) is 22.6 Å². The molecule has 0 aliphatic carbocycles. The number of fused-ring (bicyclic) bond motifs is 1. The predicted octanol–water partition coefficient (Wildman–Crippen LogP) is 5.89. The van der Waals surface area contributed by atoms with Crippen molar-refractivity contribution in [1.82, 2.24) is 9.55 Å². The van der Waals surface area contributed by atoms with Gasteiger partial charge in [0, 0.05) is 19.6 Å². The molecule has 28 heavy (non-hydrogen) atoms. The molecule has 0 unspecified atom stereocenters. The van der Waals surface area contributed by atoms with E-state index in [1.165, 1.54) is 12.1 Å². The lowest BCUT2D eigenvalue weighted by molar-refractivity contribution is -0.146. The van der Waals surface area contributed by atoms with E-state index in [4.69, 9.17) is 11.6 Å². The molecule has 1 aliphatic heterocycles. The molecular formula is C20H18ClF4N3. The molecule has 4 rings (SSSR count). The topological polar surface area (TPSA) is 21.1 Å². The first-order chi connectivity index (χ1) is 13.3. The highest BCUT2D eigenvalue weighted by Gasteiger charge is 2.38. The maximum Gasteiger partial charge on any atom is 0.449 e. The molecule has 1 aromatic heterocycles. The number of halogens is 5. The summed E-state index contributed by atoms with van der Waals surface area (Å²) in [6.45, 7) is 1.51. The molecule has 0 amide bonds. The molecule has 2 heterocycles. The summed E-state index contributed by atoms with van der Waals surface area (Å²) in [5.41, 5.74) is 1.93. The number of hydrogen-bond acceptors (Lipinski definition) is 2. The van der Waals surface area contributed by atoms with Crippen molar-refractivity contribution in [2.45, 2.75) is 32.0 Å². The van der Waals surface area contributed by atoms with Crippen molar-refractivity contribution in [3.63, 3.8) is 0 Å². The monoisotopic (exact) mass is 411 g/mol. The van der Waals surface area contributed by atoms with Crippen LogP contribution in [0.2, 0.25) is 5.02 Å². The smallest absolute Gasteiger partial charge is 0.370 e. The van der Waals surface area contributed by atoms with Gasteiger partial charge in [0.15, 0.2) is 0 Å². The fourth-order valence-corrected chi connectivity index (χ4v) is 3.92. The van der Waals surface area contributed by atoms with E-state index < -0.39 is 17.8 Å². The zero-order valence-electron chi connectivity index (χ0n) is 14.9. The first-order valence-electron chi connectivity index (χ1n) is 9.10.